The highest BCUT2D eigenvalue weighted by Gasteiger charge is 2.05. The van der Waals surface area contributed by atoms with Gasteiger partial charge in [-0.3, -0.25) is 4.98 Å². The Kier molecular flexibility index (Phi) is 4.53. The summed E-state index contributed by atoms with van der Waals surface area (Å²) in [4.78, 5) is 15.8. The molecule has 0 aliphatic heterocycles. The molecule has 5 nitrogen and oxygen atoms in total. The second kappa shape index (κ2) is 6.55. The van der Waals surface area contributed by atoms with E-state index in [1.54, 1.807) is 24.4 Å². The number of nitrogens with zero attached hydrogens (tertiary/aromatic N) is 2. The highest BCUT2D eigenvalue weighted by Crippen LogP contribution is 2.19. The molecule has 1 heterocycles. The minimum absolute atomic E-state index is 0.314. The van der Waals surface area contributed by atoms with E-state index in [1.807, 2.05) is 18.2 Å². The number of carbonyl (C=O) groups is 1. The largest absolute Gasteiger partial charge is 0.332 e. The van der Waals surface area contributed by atoms with Crippen molar-refractivity contribution in [3.05, 3.63) is 58.9 Å². The molecule has 2 aromatic rings. The van der Waals surface area contributed by atoms with E-state index in [4.69, 9.17) is 16.9 Å². The van der Waals surface area contributed by atoms with Gasteiger partial charge in [-0.2, -0.15) is 5.26 Å². The predicted molar refractivity (Wildman–Crippen MR) is 76.3 cm³/mol. The summed E-state index contributed by atoms with van der Waals surface area (Å²) in [6, 6.07) is 11.8. The second-order valence-electron chi connectivity index (χ2n) is 3.94. The monoisotopic (exact) mass is 286 g/mol. The summed E-state index contributed by atoms with van der Waals surface area (Å²) < 4.78 is 0. The number of anilines is 1. The Labute approximate surface area is 121 Å². The van der Waals surface area contributed by atoms with Gasteiger partial charge in [0.2, 0.25) is 0 Å². The number of nitrogens with one attached hydrogen (secondary N) is 2. The summed E-state index contributed by atoms with van der Waals surface area (Å²) in [7, 11) is 0. The number of hydrogen-bond donors (Lipinski definition) is 2. The molecule has 0 saturated heterocycles. The maximum atomic E-state index is 11.7. The van der Waals surface area contributed by atoms with Crippen LogP contribution in [-0.4, -0.2) is 11.0 Å². The van der Waals surface area contributed by atoms with E-state index < -0.39 is 0 Å². The van der Waals surface area contributed by atoms with Crippen molar-refractivity contribution in [1.29, 1.82) is 5.26 Å². The Balaban J connectivity index is 1.93. The van der Waals surface area contributed by atoms with E-state index in [1.165, 1.54) is 6.07 Å². The second-order valence-corrected chi connectivity index (χ2v) is 4.34. The van der Waals surface area contributed by atoms with Gasteiger partial charge in [-0.25, -0.2) is 4.79 Å². The summed E-state index contributed by atoms with van der Waals surface area (Å²) in [5.74, 6) is 0. The number of amides is 2. The molecule has 0 atom stereocenters. The van der Waals surface area contributed by atoms with Crippen molar-refractivity contribution < 1.29 is 4.79 Å². The molecular weight excluding hydrogens is 276 g/mol. The molecule has 1 aromatic heterocycles. The van der Waals surface area contributed by atoms with Crippen LogP contribution in [0.25, 0.3) is 0 Å². The third-order valence-electron chi connectivity index (χ3n) is 2.50. The summed E-state index contributed by atoms with van der Waals surface area (Å²) in [5.41, 5.74) is 1.58. The van der Waals surface area contributed by atoms with Crippen LogP contribution < -0.4 is 10.6 Å². The first kappa shape index (κ1) is 13.8. The first-order valence-electron chi connectivity index (χ1n) is 5.83. The van der Waals surface area contributed by atoms with Gasteiger partial charge in [-0.1, -0.05) is 17.7 Å². The van der Waals surface area contributed by atoms with Gasteiger partial charge in [0.25, 0.3) is 0 Å². The Morgan fingerprint density at radius 2 is 2.20 bits per heavy atom. The van der Waals surface area contributed by atoms with Crippen molar-refractivity contribution in [1.82, 2.24) is 10.3 Å². The number of benzene rings is 1. The van der Waals surface area contributed by atoms with Crippen LogP contribution in [-0.2, 0) is 6.54 Å². The third kappa shape index (κ3) is 3.70. The van der Waals surface area contributed by atoms with E-state index in [0.29, 0.717) is 22.8 Å². The lowest BCUT2D eigenvalue weighted by Crippen LogP contribution is -2.28. The number of hydrogen-bond acceptors (Lipinski definition) is 3. The van der Waals surface area contributed by atoms with E-state index in [2.05, 4.69) is 15.6 Å². The molecule has 0 spiro atoms. The third-order valence-corrected chi connectivity index (χ3v) is 2.83. The van der Waals surface area contributed by atoms with Gasteiger partial charge < -0.3 is 10.6 Å². The van der Waals surface area contributed by atoms with Gasteiger partial charge in [0.1, 0.15) is 6.07 Å². The van der Waals surface area contributed by atoms with Gasteiger partial charge in [-0.05, 0) is 30.3 Å². The summed E-state index contributed by atoms with van der Waals surface area (Å²) in [5, 5.41) is 14.5. The van der Waals surface area contributed by atoms with Crippen LogP contribution in [0.3, 0.4) is 0 Å². The molecule has 0 unspecified atom stereocenters. The fourth-order valence-corrected chi connectivity index (χ4v) is 1.70. The number of rotatable bonds is 3. The highest BCUT2D eigenvalue weighted by molar-refractivity contribution is 6.31. The minimum atomic E-state index is -0.373. The fourth-order valence-electron chi connectivity index (χ4n) is 1.54. The number of aromatic nitrogens is 1. The van der Waals surface area contributed by atoms with Crippen molar-refractivity contribution in [2.24, 2.45) is 0 Å². The molecule has 0 aliphatic rings. The lowest BCUT2D eigenvalue weighted by molar-refractivity contribution is 0.251. The van der Waals surface area contributed by atoms with Gasteiger partial charge in [0.05, 0.1) is 22.8 Å². The minimum Gasteiger partial charge on any atom is -0.332 e. The fraction of sp³-hybridized carbons (Fsp3) is 0.0714. The van der Waals surface area contributed by atoms with Crippen LogP contribution in [0.1, 0.15) is 11.3 Å². The number of nitriles is 1. The maximum Gasteiger partial charge on any atom is 0.319 e. The number of carbonyl (C=O) groups excluding carboxylic acids is 1. The topological polar surface area (TPSA) is 77.8 Å². The van der Waals surface area contributed by atoms with Gasteiger partial charge >= 0.3 is 6.03 Å². The van der Waals surface area contributed by atoms with Crippen LogP contribution in [0.5, 0.6) is 0 Å². The standard InChI is InChI=1S/C14H11ClN4O/c15-13-5-4-11(7-10(13)8-16)19-14(20)18-9-12-3-1-2-6-17-12/h1-7H,9H2,(H2,18,19,20). The van der Waals surface area contributed by atoms with Gasteiger partial charge in [0, 0.05) is 11.9 Å². The maximum absolute atomic E-state index is 11.7. The predicted octanol–water partition coefficient (Wildman–Crippen LogP) is 2.93. The molecule has 6 heteroatoms. The molecule has 100 valence electrons. The zero-order chi connectivity index (χ0) is 14.4. The SMILES string of the molecule is N#Cc1cc(NC(=O)NCc2ccccn2)ccc1Cl. The molecular formula is C14H11ClN4O. The number of urea groups is 1. The van der Waals surface area contributed by atoms with E-state index in [0.717, 1.165) is 5.69 Å². The molecule has 2 amide bonds. The van der Waals surface area contributed by atoms with Crippen molar-refractivity contribution in [3.8, 4) is 6.07 Å². The molecule has 20 heavy (non-hydrogen) atoms. The van der Waals surface area contributed by atoms with Gasteiger partial charge in [0.15, 0.2) is 0 Å². The Morgan fingerprint density at radius 3 is 2.90 bits per heavy atom. The van der Waals surface area contributed by atoms with Crippen LogP contribution in [0.4, 0.5) is 10.5 Å². The van der Waals surface area contributed by atoms with Crippen LogP contribution >= 0.6 is 11.6 Å². The van der Waals surface area contributed by atoms with Crippen molar-refractivity contribution in [2.75, 3.05) is 5.32 Å². The average molecular weight is 287 g/mol. The van der Waals surface area contributed by atoms with Crippen molar-refractivity contribution in [2.45, 2.75) is 6.54 Å². The van der Waals surface area contributed by atoms with E-state index >= 15 is 0 Å². The number of pyridine rings is 1. The van der Waals surface area contributed by atoms with Crippen LogP contribution in [0, 0.1) is 11.3 Å². The van der Waals surface area contributed by atoms with Crippen molar-refractivity contribution >= 4 is 23.3 Å². The highest BCUT2D eigenvalue weighted by atomic mass is 35.5. The molecule has 0 saturated carbocycles. The average Bonchev–Trinajstić information content (AvgIpc) is 2.48. The normalized spacial score (nSPS) is 9.60. The molecule has 2 N–H and O–H groups in total. The van der Waals surface area contributed by atoms with Crippen LogP contribution in [0.15, 0.2) is 42.6 Å². The smallest absolute Gasteiger partial charge is 0.319 e. The Bertz CT molecular complexity index is 652. The molecule has 0 fully saturated rings. The molecule has 0 bridgehead atoms. The summed E-state index contributed by atoms with van der Waals surface area (Å²) in [6.07, 6.45) is 1.66. The van der Waals surface area contributed by atoms with Crippen LogP contribution in [0.2, 0.25) is 5.02 Å². The summed E-state index contributed by atoms with van der Waals surface area (Å²) >= 11 is 5.81. The lowest BCUT2D eigenvalue weighted by Gasteiger charge is -2.08. The van der Waals surface area contributed by atoms with Gasteiger partial charge in [-0.15, -0.1) is 0 Å². The number of halogens is 1. The molecule has 0 aliphatic carbocycles. The molecule has 2 rings (SSSR count). The summed E-state index contributed by atoms with van der Waals surface area (Å²) in [6.45, 7) is 0.325. The zero-order valence-electron chi connectivity index (χ0n) is 10.4. The molecule has 1 aromatic carbocycles. The Morgan fingerprint density at radius 1 is 1.35 bits per heavy atom. The first-order valence-corrected chi connectivity index (χ1v) is 6.21. The Hall–Kier alpha value is -2.58. The lowest BCUT2D eigenvalue weighted by atomic mass is 10.2. The first-order chi connectivity index (χ1) is 9.69. The van der Waals surface area contributed by atoms with E-state index in [-0.39, 0.29) is 6.03 Å². The zero-order valence-corrected chi connectivity index (χ0v) is 11.2. The van der Waals surface area contributed by atoms with E-state index in [9.17, 15) is 4.79 Å². The molecule has 0 radical (unpaired) electrons. The van der Waals surface area contributed by atoms with Crippen molar-refractivity contribution in [3.63, 3.8) is 0 Å². The quantitative estimate of drug-likeness (QED) is 0.910.